The lowest BCUT2D eigenvalue weighted by molar-refractivity contribution is -0.125. The van der Waals surface area contributed by atoms with Crippen molar-refractivity contribution in [2.45, 2.75) is 20.4 Å². The van der Waals surface area contributed by atoms with Gasteiger partial charge < -0.3 is 19.1 Å². The van der Waals surface area contributed by atoms with E-state index in [-0.39, 0.29) is 5.91 Å². The molecule has 27 heavy (non-hydrogen) atoms. The molecule has 0 atom stereocenters. The summed E-state index contributed by atoms with van der Waals surface area (Å²) < 4.78 is 16.3. The van der Waals surface area contributed by atoms with Gasteiger partial charge in [-0.2, -0.15) is 0 Å². The van der Waals surface area contributed by atoms with Crippen molar-refractivity contribution in [1.29, 1.82) is 0 Å². The van der Waals surface area contributed by atoms with Crippen LogP contribution >= 0.6 is 0 Å². The maximum atomic E-state index is 12.5. The van der Waals surface area contributed by atoms with Gasteiger partial charge in [0.2, 0.25) is 5.91 Å². The number of aryl methyl sites for hydroxylation is 1. The summed E-state index contributed by atoms with van der Waals surface area (Å²) in [5, 5.41) is 0. The van der Waals surface area contributed by atoms with Gasteiger partial charge in [0.05, 0.1) is 20.8 Å². The van der Waals surface area contributed by atoms with Crippen LogP contribution in [-0.4, -0.2) is 38.7 Å². The zero-order valence-corrected chi connectivity index (χ0v) is 16.6. The first kappa shape index (κ1) is 20.4. The number of hydrogen-bond donors (Lipinski definition) is 0. The Bertz CT molecular complexity index is 814. The number of hydrogen-bond acceptors (Lipinski definition) is 4. The van der Waals surface area contributed by atoms with Gasteiger partial charge in [0.15, 0.2) is 11.5 Å². The number of carbonyl (C=O) groups is 1. The van der Waals surface area contributed by atoms with Crippen LogP contribution in [-0.2, 0) is 11.3 Å². The molecule has 0 unspecified atom stereocenters. The molecule has 0 saturated heterocycles. The predicted molar refractivity (Wildman–Crippen MR) is 107 cm³/mol. The van der Waals surface area contributed by atoms with Crippen LogP contribution in [0, 0.1) is 6.92 Å². The predicted octanol–water partition coefficient (Wildman–Crippen LogP) is 4.08. The molecule has 0 radical (unpaired) electrons. The van der Waals surface area contributed by atoms with E-state index >= 15 is 0 Å². The van der Waals surface area contributed by atoms with E-state index in [1.165, 1.54) is 0 Å². The average molecular weight is 369 g/mol. The molecule has 0 aromatic heterocycles. The fraction of sp³-hybridized carbons (Fsp3) is 0.318. The number of ether oxygens (including phenoxy) is 3. The monoisotopic (exact) mass is 369 g/mol. The van der Waals surface area contributed by atoms with E-state index in [0.29, 0.717) is 24.7 Å². The molecule has 144 valence electrons. The van der Waals surface area contributed by atoms with Crippen LogP contribution in [0.25, 0.3) is 6.08 Å². The Morgan fingerprint density at radius 2 is 1.74 bits per heavy atom. The maximum absolute atomic E-state index is 12.5. The zero-order chi connectivity index (χ0) is 19.8. The van der Waals surface area contributed by atoms with Crippen molar-refractivity contribution in [3.8, 4) is 17.2 Å². The van der Waals surface area contributed by atoms with Crippen molar-refractivity contribution in [1.82, 2.24) is 4.90 Å². The van der Waals surface area contributed by atoms with Crippen LogP contribution in [0.4, 0.5) is 0 Å². The first-order chi connectivity index (χ1) is 13.0. The molecule has 0 spiro atoms. The summed E-state index contributed by atoms with van der Waals surface area (Å²) >= 11 is 0. The fourth-order valence-electron chi connectivity index (χ4n) is 2.72. The Morgan fingerprint density at radius 1 is 1.07 bits per heavy atom. The molecule has 2 aromatic rings. The number of methoxy groups -OCH3 is 2. The SMILES string of the molecule is CCOc1ccccc1/C=C/C(=O)N(C)Cc1cc(OC)c(OC)cc1C. The molecule has 1 amide bonds. The van der Waals surface area contributed by atoms with Gasteiger partial charge in [-0.15, -0.1) is 0 Å². The summed E-state index contributed by atoms with van der Waals surface area (Å²) in [6.07, 6.45) is 3.35. The first-order valence-electron chi connectivity index (χ1n) is 8.86. The standard InChI is InChI=1S/C22H27NO4/c1-6-27-19-10-8-7-9-17(19)11-12-22(24)23(3)15-18-14-21(26-5)20(25-4)13-16(18)2/h7-14H,6,15H2,1-5H3/b12-11+. The second kappa shape index (κ2) is 9.67. The third-order valence-electron chi connectivity index (χ3n) is 4.25. The van der Waals surface area contributed by atoms with Crippen LogP contribution < -0.4 is 14.2 Å². The normalized spacial score (nSPS) is 10.7. The molecule has 0 bridgehead atoms. The Hall–Kier alpha value is -2.95. The smallest absolute Gasteiger partial charge is 0.246 e. The van der Waals surface area contributed by atoms with E-state index in [9.17, 15) is 4.79 Å². The molecule has 0 saturated carbocycles. The van der Waals surface area contributed by atoms with Crippen LogP contribution in [0.3, 0.4) is 0 Å². The lowest BCUT2D eigenvalue weighted by Crippen LogP contribution is -2.24. The second-order valence-electron chi connectivity index (χ2n) is 6.13. The van der Waals surface area contributed by atoms with E-state index in [2.05, 4.69) is 0 Å². The highest BCUT2D eigenvalue weighted by Gasteiger charge is 2.12. The quantitative estimate of drug-likeness (QED) is 0.658. The minimum absolute atomic E-state index is 0.0875. The topological polar surface area (TPSA) is 48.0 Å². The fourth-order valence-corrected chi connectivity index (χ4v) is 2.72. The summed E-state index contributed by atoms with van der Waals surface area (Å²) in [6, 6.07) is 11.5. The molecule has 2 aromatic carbocycles. The minimum atomic E-state index is -0.0875. The zero-order valence-electron chi connectivity index (χ0n) is 16.6. The van der Waals surface area contributed by atoms with E-state index in [1.807, 2.05) is 50.2 Å². The maximum Gasteiger partial charge on any atom is 0.246 e. The molecule has 5 heteroatoms. The van der Waals surface area contributed by atoms with Gasteiger partial charge in [-0.05, 0) is 49.2 Å². The lowest BCUT2D eigenvalue weighted by Gasteiger charge is -2.18. The van der Waals surface area contributed by atoms with Gasteiger partial charge in [0.1, 0.15) is 5.75 Å². The van der Waals surface area contributed by atoms with Gasteiger partial charge in [-0.3, -0.25) is 4.79 Å². The van der Waals surface area contributed by atoms with Crippen molar-refractivity contribution in [2.24, 2.45) is 0 Å². The lowest BCUT2D eigenvalue weighted by atomic mass is 10.1. The number of amides is 1. The summed E-state index contributed by atoms with van der Waals surface area (Å²) in [5.74, 6) is 2.01. The molecule has 0 heterocycles. The molecule has 5 nitrogen and oxygen atoms in total. The van der Waals surface area contributed by atoms with Gasteiger partial charge in [-0.1, -0.05) is 18.2 Å². The van der Waals surface area contributed by atoms with Crippen molar-refractivity contribution >= 4 is 12.0 Å². The summed E-state index contributed by atoms with van der Waals surface area (Å²) in [5.41, 5.74) is 2.92. The third kappa shape index (κ3) is 5.26. The Labute approximate surface area is 161 Å². The Morgan fingerprint density at radius 3 is 2.41 bits per heavy atom. The highest BCUT2D eigenvalue weighted by Crippen LogP contribution is 2.30. The minimum Gasteiger partial charge on any atom is -0.493 e. The number of nitrogens with zero attached hydrogens (tertiary/aromatic N) is 1. The van der Waals surface area contributed by atoms with Crippen molar-refractivity contribution in [2.75, 3.05) is 27.9 Å². The number of likely N-dealkylation sites (N-methyl/N-ethyl adjacent to an activating group) is 1. The number of rotatable bonds is 8. The third-order valence-corrected chi connectivity index (χ3v) is 4.25. The first-order valence-corrected chi connectivity index (χ1v) is 8.86. The van der Waals surface area contributed by atoms with Gasteiger partial charge in [-0.25, -0.2) is 0 Å². The molecular weight excluding hydrogens is 342 g/mol. The highest BCUT2D eigenvalue weighted by molar-refractivity contribution is 5.92. The average Bonchev–Trinajstić information content (AvgIpc) is 2.68. The van der Waals surface area contributed by atoms with Crippen molar-refractivity contribution < 1.29 is 19.0 Å². The summed E-state index contributed by atoms with van der Waals surface area (Å²) in [4.78, 5) is 14.2. The molecule has 0 aliphatic rings. The van der Waals surface area contributed by atoms with Crippen LogP contribution in [0.15, 0.2) is 42.5 Å². The summed E-state index contributed by atoms with van der Waals surface area (Å²) in [6.45, 7) is 4.98. The van der Waals surface area contributed by atoms with Crippen LogP contribution in [0.1, 0.15) is 23.6 Å². The second-order valence-corrected chi connectivity index (χ2v) is 6.13. The molecule has 0 aliphatic heterocycles. The molecule has 0 fully saturated rings. The molecule has 0 aliphatic carbocycles. The Kier molecular flexibility index (Phi) is 7.29. The van der Waals surface area contributed by atoms with Crippen molar-refractivity contribution in [3.63, 3.8) is 0 Å². The number of para-hydroxylation sites is 1. The number of carbonyl (C=O) groups excluding carboxylic acids is 1. The largest absolute Gasteiger partial charge is 0.493 e. The van der Waals surface area contributed by atoms with Gasteiger partial charge in [0, 0.05) is 25.2 Å². The molecule has 2 rings (SSSR count). The molecule has 0 N–H and O–H groups in total. The van der Waals surface area contributed by atoms with E-state index in [1.54, 1.807) is 38.3 Å². The number of benzene rings is 2. The van der Waals surface area contributed by atoms with Gasteiger partial charge >= 0.3 is 0 Å². The summed E-state index contributed by atoms with van der Waals surface area (Å²) in [7, 11) is 4.99. The van der Waals surface area contributed by atoms with Gasteiger partial charge in [0.25, 0.3) is 0 Å². The highest BCUT2D eigenvalue weighted by atomic mass is 16.5. The van der Waals surface area contributed by atoms with E-state index in [0.717, 1.165) is 22.4 Å². The Balaban J connectivity index is 2.12. The van der Waals surface area contributed by atoms with Crippen molar-refractivity contribution in [3.05, 3.63) is 59.2 Å². The van der Waals surface area contributed by atoms with E-state index < -0.39 is 0 Å². The van der Waals surface area contributed by atoms with Crippen LogP contribution in [0.2, 0.25) is 0 Å². The van der Waals surface area contributed by atoms with Crippen LogP contribution in [0.5, 0.6) is 17.2 Å². The van der Waals surface area contributed by atoms with E-state index in [4.69, 9.17) is 14.2 Å². The molecular formula is C22H27NO4.